The lowest BCUT2D eigenvalue weighted by Gasteiger charge is -2.10. The first-order valence-corrected chi connectivity index (χ1v) is 6.29. The summed E-state index contributed by atoms with van der Waals surface area (Å²) in [6.07, 6.45) is 0. The van der Waals surface area contributed by atoms with Gasteiger partial charge < -0.3 is 15.4 Å². The number of ether oxygens (including phenoxy) is 1. The smallest absolute Gasteiger partial charge is 0.323 e. The van der Waals surface area contributed by atoms with Crippen molar-refractivity contribution in [3.63, 3.8) is 0 Å². The molecule has 0 aliphatic rings. The minimum Gasteiger partial charge on any atom is -0.464 e. The fourth-order valence-corrected chi connectivity index (χ4v) is 1.66. The number of nitrogens with one attached hydrogen (secondary N) is 2. The molecule has 0 radical (unpaired) electrons. The first-order valence-electron chi connectivity index (χ1n) is 5.91. The molecule has 0 amide bonds. The lowest BCUT2D eigenvalue weighted by atomic mass is 10.3. The Kier molecular flexibility index (Phi) is 4.52. The second-order valence-corrected chi connectivity index (χ2v) is 4.08. The largest absolute Gasteiger partial charge is 0.464 e. The van der Waals surface area contributed by atoms with Crippen molar-refractivity contribution < 1.29 is 9.13 Å². The summed E-state index contributed by atoms with van der Waals surface area (Å²) in [5.74, 6) is -0.0555. The zero-order chi connectivity index (χ0) is 14.5. The number of para-hydroxylation sites is 1. The molecule has 1 aromatic carbocycles. The van der Waals surface area contributed by atoms with Gasteiger partial charge in [0.25, 0.3) is 0 Å². The number of hydrogen-bond acceptors (Lipinski definition) is 6. The quantitative estimate of drug-likeness (QED) is 0.884. The minimum atomic E-state index is -0.498. The van der Waals surface area contributed by atoms with E-state index in [2.05, 4.69) is 25.6 Å². The number of aromatic nitrogens is 3. The van der Waals surface area contributed by atoms with Crippen LogP contribution >= 0.6 is 11.6 Å². The number of anilines is 3. The molecular weight excluding hydrogens is 285 g/mol. The van der Waals surface area contributed by atoms with Gasteiger partial charge in [0, 0.05) is 7.05 Å². The Labute approximate surface area is 120 Å². The Morgan fingerprint density at radius 3 is 2.65 bits per heavy atom. The van der Waals surface area contributed by atoms with Gasteiger partial charge in [-0.15, -0.1) is 0 Å². The molecule has 0 fully saturated rings. The highest BCUT2D eigenvalue weighted by Gasteiger charge is 2.11. The maximum atomic E-state index is 13.7. The molecule has 2 aromatic rings. The number of rotatable bonds is 5. The molecule has 0 spiro atoms. The van der Waals surface area contributed by atoms with Crippen LogP contribution in [0.3, 0.4) is 0 Å². The molecule has 1 aromatic heterocycles. The second-order valence-electron chi connectivity index (χ2n) is 3.67. The molecule has 20 heavy (non-hydrogen) atoms. The van der Waals surface area contributed by atoms with Gasteiger partial charge in [-0.25, -0.2) is 4.39 Å². The summed E-state index contributed by atoms with van der Waals surface area (Å²) < 4.78 is 18.9. The lowest BCUT2D eigenvalue weighted by molar-refractivity contribution is 0.312. The number of benzene rings is 1. The molecule has 2 rings (SSSR count). The van der Waals surface area contributed by atoms with E-state index < -0.39 is 5.82 Å². The summed E-state index contributed by atoms with van der Waals surface area (Å²) in [5, 5.41) is 5.73. The van der Waals surface area contributed by atoms with Crippen molar-refractivity contribution in [2.24, 2.45) is 0 Å². The van der Waals surface area contributed by atoms with Crippen LogP contribution in [-0.4, -0.2) is 28.6 Å². The third-order valence-electron chi connectivity index (χ3n) is 2.31. The summed E-state index contributed by atoms with van der Waals surface area (Å²) in [5.41, 5.74) is 0.102. The van der Waals surface area contributed by atoms with Crippen molar-refractivity contribution in [1.82, 2.24) is 15.0 Å². The van der Waals surface area contributed by atoms with Crippen molar-refractivity contribution in [3.8, 4) is 6.01 Å². The Morgan fingerprint density at radius 1 is 1.25 bits per heavy atom. The van der Waals surface area contributed by atoms with Crippen LogP contribution in [0.25, 0.3) is 0 Å². The zero-order valence-electron chi connectivity index (χ0n) is 10.9. The summed E-state index contributed by atoms with van der Waals surface area (Å²) in [6.45, 7) is 2.22. The molecule has 6 nitrogen and oxygen atoms in total. The van der Waals surface area contributed by atoms with Gasteiger partial charge in [0.05, 0.1) is 17.3 Å². The van der Waals surface area contributed by atoms with Crippen LogP contribution in [-0.2, 0) is 0 Å². The molecule has 0 saturated carbocycles. The molecule has 106 valence electrons. The van der Waals surface area contributed by atoms with Gasteiger partial charge in [-0.2, -0.15) is 15.0 Å². The van der Waals surface area contributed by atoms with E-state index in [1.807, 2.05) is 6.92 Å². The van der Waals surface area contributed by atoms with Crippen LogP contribution in [0.1, 0.15) is 6.92 Å². The van der Waals surface area contributed by atoms with Crippen molar-refractivity contribution in [2.45, 2.75) is 6.92 Å². The first kappa shape index (κ1) is 14.3. The van der Waals surface area contributed by atoms with E-state index in [4.69, 9.17) is 16.3 Å². The van der Waals surface area contributed by atoms with Gasteiger partial charge >= 0.3 is 6.01 Å². The van der Waals surface area contributed by atoms with Crippen LogP contribution in [0.2, 0.25) is 5.02 Å². The Bertz CT molecular complexity index is 590. The predicted molar refractivity (Wildman–Crippen MR) is 75.2 cm³/mol. The second kappa shape index (κ2) is 6.33. The summed E-state index contributed by atoms with van der Waals surface area (Å²) >= 11 is 5.93. The summed E-state index contributed by atoms with van der Waals surface area (Å²) in [4.78, 5) is 12.1. The highest BCUT2D eigenvalue weighted by molar-refractivity contribution is 6.33. The third kappa shape index (κ3) is 3.24. The minimum absolute atomic E-state index is 0.102. The maximum Gasteiger partial charge on any atom is 0.323 e. The first-order chi connectivity index (χ1) is 9.63. The van der Waals surface area contributed by atoms with Crippen LogP contribution < -0.4 is 15.4 Å². The van der Waals surface area contributed by atoms with E-state index in [0.29, 0.717) is 12.6 Å². The average Bonchev–Trinajstić information content (AvgIpc) is 2.43. The van der Waals surface area contributed by atoms with Crippen LogP contribution in [0.5, 0.6) is 6.01 Å². The molecule has 1 heterocycles. The predicted octanol–water partition coefficient (Wildman–Crippen LogP) is 2.85. The molecule has 0 saturated heterocycles. The monoisotopic (exact) mass is 297 g/mol. The van der Waals surface area contributed by atoms with Gasteiger partial charge in [-0.05, 0) is 19.1 Å². The number of hydrogen-bond donors (Lipinski definition) is 2. The van der Waals surface area contributed by atoms with Gasteiger partial charge in [0.1, 0.15) is 5.82 Å². The molecule has 0 bridgehead atoms. The fourth-order valence-electron chi connectivity index (χ4n) is 1.45. The molecule has 0 atom stereocenters. The summed E-state index contributed by atoms with van der Waals surface area (Å²) in [7, 11) is 1.66. The van der Waals surface area contributed by atoms with Crippen molar-refractivity contribution in [3.05, 3.63) is 29.0 Å². The third-order valence-corrected chi connectivity index (χ3v) is 2.63. The average molecular weight is 298 g/mol. The molecule has 0 aliphatic heterocycles. The number of nitrogens with zero attached hydrogens (tertiary/aromatic N) is 3. The Balaban J connectivity index is 2.35. The fraction of sp³-hybridized carbons (Fsp3) is 0.250. The van der Waals surface area contributed by atoms with Gasteiger partial charge in [-0.1, -0.05) is 17.7 Å². The van der Waals surface area contributed by atoms with E-state index in [1.165, 1.54) is 12.1 Å². The molecule has 0 unspecified atom stereocenters. The zero-order valence-corrected chi connectivity index (χ0v) is 11.7. The van der Waals surface area contributed by atoms with Gasteiger partial charge in [-0.3, -0.25) is 0 Å². The van der Waals surface area contributed by atoms with Crippen LogP contribution in [0, 0.1) is 5.82 Å². The van der Waals surface area contributed by atoms with E-state index in [9.17, 15) is 4.39 Å². The standard InChI is InChI=1S/C12H13ClFN5O/c1-3-20-12-18-10(15-2)17-11(19-12)16-9-7(13)5-4-6-8(9)14/h4-6H,3H2,1-2H3,(H2,15,16,17,18,19). The topological polar surface area (TPSA) is 72.0 Å². The van der Waals surface area contributed by atoms with E-state index in [-0.39, 0.29) is 22.7 Å². The summed E-state index contributed by atoms with van der Waals surface area (Å²) in [6, 6.07) is 4.51. The highest BCUT2D eigenvalue weighted by atomic mass is 35.5. The van der Waals surface area contributed by atoms with Crippen molar-refractivity contribution in [1.29, 1.82) is 0 Å². The van der Waals surface area contributed by atoms with E-state index >= 15 is 0 Å². The molecule has 8 heteroatoms. The normalized spacial score (nSPS) is 10.2. The Morgan fingerprint density at radius 2 is 2.00 bits per heavy atom. The van der Waals surface area contributed by atoms with Crippen molar-refractivity contribution in [2.75, 3.05) is 24.3 Å². The van der Waals surface area contributed by atoms with Gasteiger partial charge in [0.2, 0.25) is 11.9 Å². The van der Waals surface area contributed by atoms with Crippen LogP contribution in [0.15, 0.2) is 18.2 Å². The van der Waals surface area contributed by atoms with E-state index in [0.717, 1.165) is 0 Å². The van der Waals surface area contributed by atoms with E-state index in [1.54, 1.807) is 13.1 Å². The highest BCUT2D eigenvalue weighted by Crippen LogP contribution is 2.27. The molecular formula is C12H13ClFN5O. The van der Waals surface area contributed by atoms with Crippen LogP contribution in [0.4, 0.5) is 22.0 Å². The Hall–Kier alpha value is -2.15. The SMILES string of the molecule is CCOc1nc(NC)nc(Nc2c(F)cccc2Cl)n1. The molecule has 2 N–H and O–H groups in total. The number of halogens is 2. The van der Waals surface area contributed by atoms with Gasteiger partial charge in [0.15, 0.2) is 0 Å². The lowest BCUT2D eigenvalue weighted by Crippen LogP contribution is -2.07. The van der Waals surface area contributed by atoms with Crippen molar-refractivity contribution >= 4 is 29.2 Å². The maximum absolute atomic E-state index is 13.7. The molecule has 0 aliphatic carbocycles.